The molecule has 2 heterocycles. The topological polar surface area (TPSA) is 43.8 Å². The van der Waals surface area contributed by atoms with Crippen LogP contribution in [0.1, 0.15) is 40.7 Å². The summed E-state index contributed by atoms with van der Waals surface area (Å²) < 4.78 is 0. The molecule has 0 bridgehead atoms. The van der Waals surface area contributed by atoms with E-state index in [1.807, 2.05) is 47.4 Å². The molecule has 2 aliphatic rings. The first kappa shape index (κ1) is 19.2. The van der Waals surface area contributed by atoms with Gasteiger partial charge in [0.2, 0.25) is 0 Å². The molecule has 2 aromatic carbocycles. The average Bonchev–Trinajstić information content (AvgIpc) is 3.22. The molecule has 148 valence electrons. The summed E-state index contributed by atoms with van der Waals surface area (Å²) in [5, 5.41) is 9.33. The second kappa shape index (κ2) is 8.89. The normalized spacial score (nSPS) is 21.2. The van der Waals surface area contributed by atoms with Crippen molar-refractivity contribution in [2.45, 2.75) is 38.3 Å². The highest BCUT2D eigenvalue weighted by molar-refractivity contribution is 5.94. The van der Waals surface area contributed by atoms with Crippen molar-refractivity contribution in [3.05, 3.63) is 71.3 Å². The van der Waals surface area contributed by atoms with Crippen molar-refractivity contribution < 1.29 is 9.90 Å². The summed E-state index contributed by atoms with van der Waals surface area (Å²) >= 11 is 0. The third-order valence-electron chi connectivity index (χ3n) is 6.30. The van der Waals surface area contributed by atoms with Gasteiger partial charge in [0.05, 0.1) is 6.61 Å². The number of likely N-dealkylation sites (tertiary alicyclic amines) is 2. The smallest absolute Gasteiger partial charge is 0.253 e. The minimum atomic E-state index is 0.116. The Balaban J connectivity index is 1.27. The number of piperidine rings is 1. The van der Waals surface area contributed by atoms with Crippen LogP contribution in [0.4, 0.5) is 0 Å². The highest BCUT2D eigenvalue weighted by Gasteiger charge is 2.32. The fraction of sp³-hybridized carbons (Fsp3) is 0.458. The van der Waals surface area contributed by atoms with E-state index in [1.54, 1.807) is 0 Å². The van der Waals surface area contributed by atoms with Crippen LogP contribution in [0.3, 0.4) is 0 Å². The molecule has 0 saturated carbocycles. The van der Waals surface area contributed by atoms with Crippen LogP contribution in [0.5, 0.6) is 0 Å². The van der Waals surface area contributed by atoms with Gasteiger partial charge in [0.15, 0.2) is 0 Å². The third kappa shape index (κ3) is 4.45. The van der Waals surface area contributed by atoms with Crippen LogP contribution in [0.15, 0.2) is 54.6 Å². The molecule has 2 aliphatic heterocycles. The van der Waals surface area contributed by atoms with Crippen molar-refractivity contribution in [2.75, 3.05) is 26.2 Å². The molecule has 0 aliphatic carbocycles. The number of carbonyl (C=O) groups excluding carboxylic acids is 1. The van der Waals surface area contributed by atoms with Crippen LogP contribution in [0.25, 0.3) is 0 Å². The van der Waals surface area contributed by atoms with Gasteiger partial charge in [-0.1, -0.05) is 42.5 Å². The zero-order valence-corrected chi connectivity index (χ0v) is 16.5. The molecule has 2 fully saturated rings. The fourth-order valence-corrected chi connectivity index (χ4v) is 4.75. The Labute approximate surface area is 167 Å². The minimum Gasteiger partial charge on any atom is -0.392 e. The van der Waals surface area contributed by atoms with Gasteiger partial charge in [0.25, 0.3) is 5.91 Å². The fourth-order valence-electron chi connectivity index (χ4n) is 4.75. The Hall–Kier alpha value is -2.17. The lowest BCUT2D eigenvalue weighted by atomic mass is 9.97. The summed E-state index contributed by atoms with van der Waals surface area (Å²) in [6.07, 6.45) is 4.48. The molecule has 0 aromatic heterocycles. The van der Waals surface area contributed by atoms with Crippen LogP contribution >= 0.6 is 0 Å². The third-order valence-corrected chi connectivity index (χ3v) is 6.30. The van der Waals surface area contributed by atoms with Gasteiger partial charge in [0, 0.05) is 31.2 Å². The number of benzene rings is 2. The quantitative estimate of drug-likeness (QED) is 0.868. The number of aliphatic hydroxyl groups excluding tert-OH is 1. The van der Waals surface area contributed by atoms with Crippen molar-refractivity contribution in [3.63, 3.8) is 0 Å². The highest BCUT2D eigenvalue weighted by atomic mass is 16.3. The minimum absolute atomic E-state index is 0.116. The summed E-state index contributed by atoms with van der Waals surface area (Å²) in [6, 6.07) is 18.6. The molecule has 2 aromatic rings. The predicted octanol–water partition coefficient (Wildman–Crippen LogP) is 3.35. The number of carbonyl (C=O) groups is 1. The van der Waals surface area contributed by atoms with Gasteiger partial charge in [-0.3, -0.25) is 9.69 Å². The van der Waals surface area contributed by atoms with Crippen molar-refractivity contribution >= 4 is 5.91 Å². The van der Waals surface area contributed by atoms with Crippen LogP contribution < -0.4 is 0 Å². The molecule has 0 spiro atoms. The Kier molecular flexibility index (Phi) is 6.08. The van der Waals surface area contributed by atoms with E-state index in [0.717, 1.165) is 50.0 Å². The Morgan fingerprint density at radius 1 is 0.929 bits per heavy atom. The monoisotopic (exact) mass is 378 g/mol. The first-order chi connectivity index (χ1) is 13.7. The van der Waals surface area contributed by atoms with E-state index in [-0.39, 0.29) is 12.5 Å². The van der Waals surface area contributed by atoms with Gasteiger partial charge in [0.1, 0.15) is 0 Å². The van der Waals surface area contributed by atoms with Crippen LogP contribution in [-0.4, -0.2) is 53.0 Å². The van der Waals surface area contributed by atoms with Gasteiger partial charge >= 0.3 is 0 Å². The second-order valence-electron chi connectivity index (χ2n) is 8.22. The van der Waals surface area contributed by atoms with E-state index in [4.69, 9.17) is 0 Å². The summed E-state index contributed by atoms with van der Waals surface area (Å²) in [5.74, 6) is 0.861. The molecule has 0 radical (unpaired) electrons. The van der Waals surface area contributed by atoms with Gasteiger partial charge in [-0.05, 0) is 61.4 Å². The van der Waals surface area contributed by atoms with Crippen molar-refractivity contribution in [1.29, 1.82) is 0 Å². The molecule has 1 unspecified atom stereocenters. The largest absolute Gasteiger partial charge is 0.392 e. The first-order valence-corrected chi connectivity index (χ1v) is 10.5. The first-order valence-electron chi connectivity index (χ1n) is 10.5. The van der Waals surface area contributed by atoms with Crippen LogP contribution in [-0.2, 0) is 13.0 Å². The average molecular weight is 379 g/mol. The lowest BCUT2D eigenvalue weighted by Crippen LogP contribution is -2.46. The zero-order valence-electron chi connectivity index (χ0n) is 16.5. The molecule has 1 N–H and O–H groups in total. The number of amides is 1. The number of hydrogen-bond donors (Lipinski definition) is 1. The SMILES string of the molecule is O=C(c1ccccc1)N1CCC(N2CCC(Cc3cccc(CO)c3)C2)CC1. The summed E-state index contributed by atoms with van der Waals surface area (Å²) in [4.78, 5) is 17.3. The molecule has 4 rings (SSSR count). The summed E-state index contributed by atoms with van der Waals surface area (Å²) in [7, 11) is 0. The Bertz CT molecular complexity index is 784. The van der Waals surface area contributed by atoms with E-state index in [0.29, 0.717) is 12.0 Å². The van der Waals surface area contributed by atoms with Crippen molar-refractivity contribution in [2.24, 2.45) is 5.92 Å². The van der Waals surface area contributed by atoms with Crippen molar-refractivity contribution in [3.8, 4) is 0 Å². The van der Waals surface area contributed by atoms with Crippen LogP contribution in [0, 0.1) is 5.92 Å². The maximum atomic E-state index is 12.6. The summed E-state index contributed by atoms with van der Waals surface area (Å²) in [5.41, 5.74) is 3.14. The molecule has 1 amide bonds. The molecule has 1 atom stereocenters. The van der Waals surface area contributed by atoms with Gasteiger partial charge in [-0.2, -0.15) is 0 Å². The van der Waals surface area contributed by atoms with Gasteiger partial charge < -0.3 is 10.0 Å². The van der Waals surface area contributed by atoms with Gasteiger partial charge in [-0.15, -0.1) is 0 Å². The molecular formula is C24H30N2O2. The maximum absolute atomic E-state index is 12.6. The second-order valence-corrected chi connectivity index (χ2v) is 8.22. The molecule has 2 saturated heterocycles. The predicted molar refractivity (Wildman–Crippen MR) is 111 cm³/mol. The van der Waals surface area contributed by atoms with E-state index in [1.165, 1.54) is 18.5 Å². The molecule has 4 heteroatoms. The summed E-state index contributed by atoms with van der Waals surface area (Å²) in [6.45, 7) is 4.16. The standard InChI is InChI=1S/C24H30N2O2/c27-18-21-6-4-5-19(16-21)15-20-9-12-26(17-20)23-10-13-25(14-11-23)24(28)22-7-2-1-3-8-22/h1-8,16,20,23,27H,9-15,17-18H2. The number of aliphatic hydroxyl groups is 1. The Morgan fingerprint density at radius 3 is 2.43 bits per heavy atom. The lowest BCUT2D eigenvalue weighted by Gasteiger charge is -2.37. The Morgan fingerprint density at radius 2 is 1.68 bits per heavy atom. The zero-order chi connectivity index (χ0) is 19.3. The lowest BCUT2D eigenvalue weighted by molar-refractivity contribution is 0.0641. The van der Waals surface area contributed by atoms with Crippen LogP contribution in [0.2, 0.25) is 0 Å². The van der Waals surface area contributed by atoms with E-state index >= 15 is 0 Å². The van der Waals surface area contributed by atoms with Gasteiger partial charge in [-0.25, -0.2) is 0 Å². The van der Waals surface area contributed by atoms with Crippen molar-refractivity contribution in [1.82, 2.24) is 9.80 Å². The number of hydrogen-bond acceptors (Lipinski definition) is 3. The number of nitrogens with zero attached hydrogens (tertiary/aromatic N) is 2. The number of rotatable bonds is 5. The molecule has 28 heavy (non-hydrogen) atoms. The van der Waals surface area contributed by atoms with E-state index in [9.17, 15) is 9.90 Å². The highest BCUT2D eigenvalue weighted by Crippen LogP contribution is 2.27. The molecule has 4 nitrogen and oxygen atoms in total. The molecular weight excluding hydrogens is 348 g/mol. The maximum Gasteiger partial charge on any atom is 0.253 e. The van der Waals surface area contributed by atoms with E-state index in [2.05, 4.69) is 17.0 Å². The van der Waals surface area contributed by atoms with E-state index < -0.39 is 0 Å².